The standard InChI is InChI=1S/C10H15N7O/c1-17-5-7(4-15-17)9(11)10(18)12-3-2-8-13-6-14-16-8/h4-6,9H,2-3,11H2,1H3,(H,12,18)(H,13,14,16). The molecule has 0 radical (unpaired) electrons. The van der Waals surface area contributed by atoms with Crippen molar-refractivity contribution in [2.75, 3.05) is 6.54 Å². The molecule has 0 saturated heterocycles. The molecule has 0 spiro atoms. The molecule has 1 amide bonds. The summed E-state index contributed by atoms with van der Waals surface area (Å²) >= 11 is 0. The van der Waals surface area contributed by atoms with Gasteiger partial charge in [0.1, 0.15) is 18.2 Å². The first-order chi connectivity index (χ1) is 8.66. The quantitative estimate of drug-likeness (QED) is 0.622. The smallest absolute Gasteiger partial charge is 0.241 e. The van der Waals surface area contributed by atoms with E-state index in [1.54, 1.807) is 24.1 Å². The topological polar surface area (TPSA) is 115 Å². The number of amides is 1. The molecule has 0 bridgehead atoms. The molecule has 2 rings (SSSR count). The zero-order valence-electron chi connectivity index (χ0n) is 10.00. The number of rotatable bonds is 5. The largest absolute Gasteiger partial charge is 0.354 e. The van der Waals surface area contributed by atoms with Crippen molar-refractivity contribution in [2.45, 2.75) is 12.5 Å². The van der Waals surface area contributed by atoms with E-state index >= 15 is 0 Å². The van der Waals surface area contributed by atoms with E-state index in [0.29, 0.717) is 18.5 Å². The Balaban J connectivity index is 1.81. The Kier molecular flexibility index (Phi) is 3.68. The number of nitrogens with two attached hydrogens (primary N) is 1. The number of carbonyl (C=O) groups excluding carboxylic acids is 1. The van der Waals surface area contributed by atoms with Gasteiger partial charge in [0.2, 0.25) is 5.91 Å². The highest BCUT2D eigenvalue weighted by molar-refractivity contribution is 5.82. The van der Waals surface area contributed by atoms with Crippen molar-refractivity contribution in [3.63, 3.8) is 0 Å². The van der Waals surface area contributed by atoms with Gasteiger partial charge in [-0.2, -0.15) is 10.2 Å². The number of H-pyrrole nitrogens is 1. The third-order valence-electron chi connectivity index (χ3n) is 2.49. The lowest BCUT2D eigenvalue weighted by Crippen LogP contribution is -2.35. The minimum absolute atomic E-state index is 0.234. The molecule has 2 aromatic heterocycles. The van der Waals surface area contributed by atoms with Gasteiger partial charge < -0.3 is 11.1 Å². The summed E-state index contributed by atoms with van der Waals surface area (Å²) in [5.41, 5.74) is 6.50. The Bertz CT molecular complexity index is 504. The Morgan fingerprint density at radius 3 is 3.11 bits per heavy atom. The molecule has 2 heterocycles. The van der Waals surface area contributed by atoms with E-state index in [9.17, 15) is 4.79 Å². The average Bonchev–Trinajstić information content (AvgIpc) is 2.99. The number of nitrogens with one attached hydrogen (secondary N) is 2. The fraction of sp³-hybridized carbons (Fsp3) is 0.400. The molecule has 96 valence electrons. The van der Waals surface area contributed by atoms with Crippen molar-refractivity contribution >= 4 is 5.91 Å². The maximum Gasteiger partial charge on any atom is 0.241 e. The summed E-state index contributed by atoms with van der Waals surface area (Å²) < 4.78 is 1.61. The summed E-state index contributed by atoms with van der Waals surface area (Å²) in [6, 6.07) is -0.701. The first-order valence-corrected chi connectivity index (χ1v) is 5.53. The molecule has 1 unspecified atom stereocenters. The number of hydrogen-bond donors (Lipinski definition) is 3. The molecule has 0 saturated carbocycles. The fourth-order valence-corrected chi connectivity index (χ4v) is 1.52. The van der Waals surface area contributed by atoms with Gasteiger partial charge >= 0.3 is 0 Å². The average molecular weight is 249 g/mol. The molecule has 0 aromatic carbocycles. The third kappa shape index (κ3) is 2.92. The van der Waals surface area contributed by atoms with E-state index in [-0.39, 0.29) is 5.91 Å². The van der Waals surface area contributed by atoms with E-state index in [1.807, 2.05) is 0 Å². The number of carbonyl (C=O) groups is 1. The van der Waals surface area contributed by atoms with E-state index < -0.39 is 6.04 Å². The van der Waals surface area contributed by atoms with Gasteiger partial charge in [0.15, 0.2) is 0 Å². The van der Waals surface area contributed by atoms with Crippen LogP contribution in [0.25, 0.3) is 0 Å². The highest BCUT2D eigenvalue weighted by Gasteiger charge is 2.16. The Morgan fingerprint density at radius 2 is 2.50 bits per heavy atom. The molecule has 2 aromatic rings. The van der Waals surface area contributed by atoms with Crippen LogP contribution in [-0.4, -0.2) is 37.4 Å². The van der Waals surface area contributed by atoms with Crippen LogP contribution in [0.1, 0.15) is 17.4 Å². The van der Waals surface area contributed by atoms with Gasteiger partial charge in [0.25, 0.3) is 0 Å². The third-order valence-corrected chi connectivity index (χ3v) is 2.49. The van der Waals surface area contributed by atoms with Crippen LogP contribution in [0.3, 0.4) is 0 Å². The summed E-state index contributed by atoms with van der Waals surface area (Å²) in [6.45, 7) is 0.460. The number of aromatic amines is 1. The second-order valence-electron chi connectivity index (χ2n) is 3.90. The van der Waals surface area contributed by atoms with Crippen molar-refractivity contribution in [1.82, 2.24) is 30.3 Å². The van der Waals surface area contributed by atoms with Crippen LogP contribution in [0.5, 0.6) is 0 Å². The number of aryl methyl sites for hydroxylation is 1. The number of aromatic nitrogens is 5. The summed E-state index contributed by atoms with van der Waals surface area (Å²) in [6.07, 6.45) is 5.32. The van der Waals surface area contributed by atoms with Crippen LogP contribution < -0.4 is 11.1 Å². The zero-order chi connectivity index (χ0) is 13.0. The maximum atomic E-state index is 11.8. The molecule has 8 heteroatoms. The fourth-order valence-electron chi connectivity index (χ4n) is 1.52. The lowest BCUT2D eigenvalue weighted by atomic mass is 10.1. The lowest BCUT2D eigenvalue weighted by molar-refractivity contribution is -0.122. The lowest BCUT2D eigenvalue weighted by Gasteiger charge is -2.09. The van der Waals surface area contributed by atoms with Crippen LogP contribution in [0, 0.1) is 0 Å². The highest BCUT2D eigenvalue weighted by atomic mass is 16.2. The summed E-state index contributed by atoms with van der Waals surface area (Å²) in [5, 5.41) is 13.2. The highest BCUT2D eigenvalue weighted by Crippen LogP contribution is 2.07. The minimum Gasteiger partial charge on any atom is -0.354 e. The summed E-state index contributed by atoms with van der Waals surface area (Å²) in [4.78, 5) is 15.7. The van der Waals surface area contributed by atoms with Gasteiger partial charge in [-0.1, -0.05) is 0 Å². The zero-order valence-corrected chi connectivity index (χ0v) is 10.00. The molecule has 0 aliphatic rings. The normalized spacial score (nSPS) is 12.3. The molecule has 0 aliphatic heterocycles. The molecule has 0 fully saturated rings. The summed E-state index contributed by atoms with van der Waals surface area (Å²) in [5.74, 6) is 0.493. The van der Waals surface area contributed by atoms with E-state index in [2.05, 4.69) is 25.6 Å². The monoisotopic (exact) mass is 249 g/mol. The first-order valence-electron chi connectivity index (χ1n) is 5.53. The van der Waals surface area contributed by atoms with Crippen LogP contribution in [0.15, 0.2) is 18.7 Å². The van der Waals surface area contributed by atoms with Gasteiger partial charge in [-0.25, -0.2) is 4.98 Å². The number of hydrogen-bond acceptors (Lipinski definition) is 5. The van der Waals surface area contributed by atoms with E-state index in [4.69, 9.17) is 5.73 Å². The van der Waals surface area contributed by atoms with Crippen molar-refractivity contribution in [1.29, 1.82) is 0 Å². The molecular formula is C10H15N7O. The predicted molar refractivity (Wildman–Crippen MR) is 63.2 cm³/mol. The number of nitrogens with zero attached hydrogens (tertiary/aromatic N) is 4. The van der Waals surface area contributed by atoms with E-state index in [0.717, 1.165) is 5.82 Å². The maximum absolute atomic E-state index is 11.8. The van der Waals surface area contributed by atoms with Crippen molar-refractivity contribution in [3.8, 4) is 0 Å². The van der Waals surface area contributed by atoms with Gasteiger partial charge in [-0.3, -0.25) is 14.6 Å². The molecule has 1 atom stereocenters. The SMILES string of the molecule is Cn1cc(C(N)C(=O)NCCc2ncn[nH]2)cn1. The molecule has 8 nitrogen and oxygen atoms in total. The van der Waals surface area contributed by atoms with Gasteiger partial charge in [-0.15, -0.1) is 0 Å². The second-order valence-corrected chi connectivity index (χ2v) is 3.90. The van der Waals surface area contributed by atoms with Crippen LogP contribution in [0.4, 0.5) is 0 Å². The minimum atomic E-state index is -0.701. The molecule has 4 N–H and O–H groups in total. The van der Waals surface area contributed by atoms with Crippen molar-refractivity contribution in [3.05, 3.63) is 30.1 Å². The van der Waals surface area contributed by atoms with Crippen LogP contribution in [-0.2, 0) is 18.3 Å². The van der Waals surface area contributed by atoms with Crippen LogP contribution in [0.2, 0.25) is 0 Å². The van der Waals surface area contributed by atoms with Crippen molar-refractivity contribution < 1.29 is 4.79 Å². The Labute approximate surface area is 104 Å². The van der Waals surface area contributed by atoms with E-state index in [1.165, 1.54) is 6.33 Å². The first kappa shape index (κ1) is 12.2. The van der Waals surface area contributed by atoms with Gasteiger partial charge in [-0.05, 0) is 0 Å². The van der Waals surface area contributed by atoms with Crippen molar-refractivity contribution in [2.24, 2.45) is 12.8 Å². The Hall–Kier alpha value is -2.22. The molecule has 0 aliphatic carbocycles. The van der Waals surface area contributed by atoms with Gasteiger partial charge in [0, 0.05) is 31.8 Å². The Morgan fingerprint density at radius 1 is 1.67 bits per heavy atom. The second kappa shape index (κ2) is 5.41. The summed E-state index contributed by atoms with van der Waals surface area (Å²) in [7, 11) is 1.78. The molecule has 18 heavy (non-hydrogen) atoms. The van der Waals surface area contributed by atoms with Gasteiger partial charge in [0.05, 0.1) is 6.20 Å². The van der Waals surface area contributed by atoms with Crippen LogP contribution >= 0.6 is 0 Å². The predicted octanol–water partition coefficient (Wildman–Crippen LogP) is -1.10. The molecular weight excluding hydrogens is 234 g/mol.